The topological polar surface area (TPSA) is 38.1 Å². The average Bonchev–Trinajstić information content (AvgIpc) is 3.27. The molecule has 5 rings (SSSR count). The van der Waals surface area contributed by atoms with Crippen molar-refractivity contribution in [1.29, 1.82) is 0 Å². The third kappa shape index (κ3) is 3.00. The molecular weight excluding hydrogens is 354 g/mol. The highest BCUT2D eigenvalue weighted by molar-refractivity contribution is 5.96. The van der Waals surface area contributed by atoms with Crippen LogP contribution in [0.5, 0.6) is 0 Å². The monoisotopic (exact) mass is 381 g/mol. The summed E-state index contributed by atoms with van der Waals surface area (Å²) in [5.74, 6) is 1.77. The van der Waals surface area contributed by atoms with E-state index in [2.05, 4.69) is 58.1 Å². The Hall–Kier alpha value is -2.81. The van der Waals surface area contributed by atoms with Crippen molar-refractivity contribution >= 4 is 22.7 Å². The molecule has 0 fully saturated rings. The lowest BCUT2D eigenvalue weighted by molar-refractivity contribution is 0.608. The predicted octanol–water partition coefficient (Wildman–Crippen LogP) is 6.43. The van der Waals surface area contributed by atoms with E-state index in [1.807, 2.05) is 12.4 Å². The van der Waals surface area contributed by atoms with Gasteiger partial charge in [-0.3, -0.25) is 4.98 Å². The molecule has 0 spiro atoms. The predicted molar refractivity (Wildman–Crippen MR) is 121 cm³/mol. The van der Waals surface area contributed by atoms with Crippen LogP contribution in [0.2, 0.25) is 0 Å². The van der Waals surface area contributed by atoms with E-state index in [4.69, 9.17) is 15.0 Å². The maximum absolute atomic E-state index is 4.81. The molecule has 2 aromatic rings. The van der Waals surface area contributed by atoms with Gasteiger partial charge in [0.2, 0.25) is 0 Å². The van der Waals surface area contributed by atoms with Crippen LogP contribution in [0.4, 0.5) is 5.82 Å². The highest BCUT2D eigenvalue weighted by atomic mass is 14.9. The smallest absolute Gasteiger partial charge is 0.155 e. The number of fused-ring (bicyclic) bond motifs is 2. The van der Waals surface area contributed by atoms with Gasteiger partial charge in [0, 0.05) is 52.7 Å². The van der Waals surface area contributed by atoms with Crippen LogP contribution in [-0.4, -0.2) is 15.7 Å². The highest BCUT2D eigenvalue weighted by Gasteiger charge is 2.29. The third-order valence-corrected chi connectivity index (χ3v) is 6.44. The highest BCUT2D eigenvalue weighted by Crippen LogP contribution is 2.41. The molecule has 0 saturated heterocycles. The Bertz CT molecular complexity index is 1130. The maximum atomic E-state index is 4.81. The molecule has 29 heavy (non-hydrogen) atoms. The van der Waals surface area contributed by atoms with Gasteiger partial charge in [-0.25, -0.2) is 9.98 Å². The lowest BCUT2D eigenvalue weighted by Gasteiger charge is -2.17. The van der Waals surface area contributed by atoms with E-state index in [1.54, 1.807) is 0 Å². The van der Waals surface area contributed by atoms with Crippen LogP contribution >= 0.6 is 0 Å². The molecule has 0 amide bonds. The Balaban J connectivity index is 1.55. The lowest BCUT2D eigenvalue weighted by Crippen LogP contribution is -2.11. The van der Waals surface area contributed by atoms with Gasteiger partial charge in [-0.1, -0.05) is 37.6 Å². The van der Waals surface area contributed by atoms with Crippen LogP contribution in [0.3, 0.4) is 0 Å². The number of aliphatic imine (C=N–C) groups is 1. The van der Waals surface area contributed by atoms with Crippen molar-refractivity contribution in [2.45, 2.75) is 52.9 Å². The number of aromatic nitrogens is 2. The van der Waals surface area contributed by atoms with Gasteiger partial charge in [-0.15, -0.1) is 0 Å². The minimum atomic E-state index is 0.364. The van der Waals surface area contributed by atoms with E-state index in [-0.39, 0.29) is 0 Å². The normalized spacial score (nSPS) is 20.1. The standard InChI is InChI=1S/C26H27N3/c1-15(2)25-17(4)29-26-23(25)12-19(14-28-26)21-9-10-24-22(21)11-18(13-27-24)20-8-6-5-7-16(20)3/h6,8-9,11-15,25H,5,7,10H2,1-4H3. The van der Waals surface area contributed by atoms with Crippen molar-refractivity contribution in [2.24, 2.45) is 10.9 Å². The zero-order valence-electron chi connectivity index (χ0n) is 17.7. The molecule has 3 aliphatic rings. The fourth-order valence-electron chi connectivity index (χ4n) is 4.99. The van der Waals surface area contributed by atoms with Crippen LogP contribution in [0.1, 0.15) is 74.4 Å². The molecule has 1 aliphatic heterocycles. The Morgan fingerprint density at radius 1 is 1.03 bits per heavy atom. The molecule has 1 atom stereocenters. The van der Waals surface area contributed by atoms with Crippen molar-refractivity contribution in [1.82, 2.24) is 9.97 Å². The summed E-state index contributed by atoms with van der Waals surface area (Å²) >= 11 is 0. The SMILES string of the molecule is CC1=Nc2ncc(C3=CCc4ncc(C5=C(C)CCC=C5)cc43)cc2C1C(C)C. The van der Waals surface area contributed by atoms with Gasteiger partial charge in [0.1, 0.15) is 0 Å². The zero-order chi connectivity index (χ0) is 20.1. The summed E-state index contributed by atoms with van der Waals surface area (Å²) < 4.78 is 0. The van der Waals surface area contributed by atoms with Gasteiger partial charge in [0.25, 0.3) is 0 Å². The van der Waals surface area contributed by atoms with E-state index in [0.717, 1.165) is 30.8 Å². The molecule has 0 radical (unpaired) electrons. The van der Waals surface area contributed by atoms with Crippen LogP contribution in [0, 0.1) is 5.92 Å². The lowest BCUT2D eigenvalue weighted by atomic mass is 9.86. The summed E-state index contributed by atoms with van der Waals surface area (Å²) in [5, 5.41) is 0. The molecule has 0 saturated carbocycles. The van der Waals surface area contributed by atoms with Crippen LogP contribution in [-0.2, 0) is 6.42 Å². The van der Waals surface area contributed by atoms with E-state index < -0.39 is 0 Å². The summed E-state index contributed by atoms with van der Waals surface area (Å²) in [5.41, 5.74) is 11.3. The minimum absolute atomic E-state index is 0.364. The van der Waals surface area contributed by atoms with Crippen molar-refractivity contribution in [3.63, 3.8) is 0 Å². The molecule has 1 unspecified atom stereocenters. The van der Waals surface area contributed by atoms with Gasteiger partial charge in [0.05, 0.1) is 5.69 Å². The second-order valence-electron chi connectivity index (χ2n) is 8.79. The first kappa shape index (κ1) is 18.2. The molecule has 146 valence electrons. The fourth-order valence-corrected chi connectivity index (χ4v) is 4.99. The Kier molecular flexibility index (Phi) is 4.34. The summed E-state index contributed by atoms with van der Waals surface area (Å²) in [6.07, 6.45) is 14.0. The first-order chi connectivity index (χ1) is 14.0. The molecule has 0 N–H and O–H groups in total. The summed E-state index contributed by atoms with van der Waals surface area (Å²) in [4.78, 5) is 14.2. The van der Waals surface area contributed by atoms with Crippen molar-refractivity contribution in [3.05, 3.63) is 76.3 Å². The molecule has 2 aromatic heterocycles. The second-order valence-corrected chi connectivity index (χ2v) is 8.79. The van der Waals surface area contributed by atoms with E-state index in [9.17, 15) is 0 Å². The van der Waals surface area contributed by atoms with Gasteiger partial charge in [-0.05, 0) is 55.9 Å². The van der Waals surface area contributed by atoms with Crippen molar-refractivity contribution < 1.29 is 0 Å². The second kappa shape index (κ2) is 6.91. The fraction of sp³-hybridized carbons (Fsp3) is 0.346. The quantitative estimate of drug-likeness (QED) is 0.614. The first-order valence-corrected chi connectivity index (χ1v) is 10.6. The molecule has 3 heteroatoms. The molecule has 3 nitrogen and oxygen atoms in total. The minimum Gasteiger partial charge on any atom is -0.260 e. The van der Waals surface area contributed by atoms with Gasteiger partial charge in [-0.2, -0.15) is 0 Å². The van der Waals surface area contributed by atoms with Crippen molar-refractivity contribution in [2.75, 3.05) is 0 Å². The number of hydrogen-bond acceptors (Lipinski definition) is 3. The van der Waals surface area contributed by atoms with Crippen LogP contribution < -0.4 is 0 Å². The van der Waals surface area contributed by atoms with E-state index in [1.165, 1.54) is 44.7 Å². The molecule has 3 heterocycles. The first-order valence-electron chi connectivity index (χ1n) is 10.6. The van der Waals surface area contributed by atoms with Gasteiger partial charge < -0.3 is 0 Å². The molecule has 0 bridgehead atoms. The van der Waals surface area contributed by atoms with Crippen LogP contribution in [0.25, 0.3) is 11.1 Å². The molecular formula is C26H27N3. The largest absolute Gasteiger partial charge is 0.260 e. The molecule has 2 aliphatic carbocycles. The number of nitrogens with zero attached hydrogens (tertiary/aromatic N) is 3. The summed E-state index contributed by atoms with van der Waals surface area (Å²) in [6, 6.07) is 4.64. The number of rotatable bonds is 3. The van der Waals surface area contributed by atoms with E-state index >= 15 is 0 Å². The van der Waals surface area contributed by atoms with Crippen LogP contribution in [0.15, 0.2) is 53.3 Å². The van der Waals surface area contributed by atoms with Crippen molar-refractivity contribution in [3.8, 4) is 0 Å². The number of pyridine rings is 2. The molecule has 0 aromatic carbocycles. The Morgan fingerprint density at radius 2 is 1.86 bits per heavy atom. The van der Waals surface area contributed by atoms with Gasteiger partial charge in [0.15, 0.2) is 5.82 Å². The number of allylic oxidation sites excluding steroid dienone is 5. The maximum Gasteiger partial charge on any atom is 0.155 e. The number of hydrogen-bond donors (Lipinski definition) is 0. The van der Waals surface area contributed by atoms with Gasteiger partial charge >= 0.3 is 0 Å². The summed E-state index contributed by atoms with van der Waals surface area (Å²) in [7, 11) is 0. The average molecular weight is 382 g/mol. The Labute approximate surface area is 173 Å². The van der Waals surface area contributed by atoms with E-state index in [0.29, 0.717) is 11.8 Å². The Morgan fingerprint density at radius 3 is 2.66 bits per heavy atom. The zero-order valence-corrected chi connectivity index (χ0v) is 17.7. The summed E-state index contributed by atoms with van der Waals surface area (Å²) in [6.45, 7) is 8.89. The third-order valence-electron chi connectivity index (χ3n) is 6.44.